The second kappa shape index (κ2) is 4.77. The largest absolute Gasteiger partial charge is 0.465 e. The van der Waals surface area contributed by atoms with E-state index in [4.69, 9.17) is 4.42 Å². The summed E-state index contributed by atoms with van der Waals surface area (Å²) in [5.41, 5.74) is -0.153. The molecule has 0 unspecified atom stereocenters. The van der Waals surface area contributed by atoms with E-state index in [0.717, 1.165) is 7.11 Å². The van der Waals surface area contributed by atoms with Crippen LogP contribution >= 0.6 is 0 Å². The van der Waals surface area contributed by atoms with Crippen molar-refractivity contribution in [1.82, 2.24) is 0 Å². The molecule has 0 spiro atoms. The smallest absolute Gasteiger partial charge is 0.342 e. The number of hydrogen-bond donors (Lipinski definition) is 0. The highest BCUT2D eigenvalue weighted by atomic mass is 16.5. The highest BCUT2D eigenvalue weighted by Gasteiger charge is 2.40. The normalized spacial score (nSPS) is 12.6. The van der Waals surface area contributed by atoms with E-state index in [-0.39, 0.29) is 33.8 Å². The Hall–Kier alpha value is -3.02. The maximum Gasteiger partial charge on any atom is 0.342 e. The molecule has 6 heteroatoms. The Labute approximate surface area is 124 Å². The van der Waals surface area contributed by atoms with Crippen LogP contribution in [-0.2, 0) is 4.74 Å². The molecule has 0 N–H and O–H groups in total. The molecule has 0 atom stereocenters. The maximum atomic E-state index is 12.6. The number of ether oxygens (including phenoxy) is 1. The number of ketones is 3. The van der Waals surface area contributed by atoms with Crippen LogP contribution in [0.2, 0.25) is 0 Å². The van der Waals surface area contributed by atoms with Gasteiger partial charge >= 0.3 is 5.97 Å². The molecule has 0 amide bonds. The minimum Gasteiger partial charge on any atom is -0.465 e. The fourth-order valence-electron chi connectivity index (χ4n) is 2.49. The molecule has 1 aliphatic carbocycles. The van der Waals surface area contributed by atoms with Crippen LogP contribution in [0.5, 0.6) is 0 Å². The molecule has 1 aliphatic rings. The van der Waals surface area contributed by atoms with Crippen molar-refractivity contribution in [2.24, 2.45) is 0 Å². The van der Waals surface area contributed by atoms with E-state index in [9.17, 15) is 19.2 Å². The lowest BCUT2D eigenvalue weighted by Gasteiger charge is -2.13. The third kappa shape index (κ3) is 1.74. The van der Waals surface area contributed by atoms with Gasteiger partial charge in [0.1, 0.15) is 5.56 Å². The fourth-order valence-corrected chi connectivity index (χ4v) is 2.49. The van der Waals surface area contributed by atoms with Crippen molar-refractivity contribution in [2.45, 2.75) is 6.92 Å². The second-order valence-corrected chi connectivity index (χ2v) is 4.76. The first-order valence-electron chi connectivity index (χ1n) is 6.41. The van der Waals surface area contributed by atoms with Crippen LogP contribution in [-0.4, -0.2) is 30.4 Å². The van der Waals surface area contributed by atoms with Crippen molar-refractivity contribution in [3.05, 3.63) is 58.0 Å². The van der Waals surface area contributed by atoms with Gasteiger partial charge in [-0.05, 0) is 0 Å². The van der Waals surface area contributed by atoms with Crippen molar-refractivity contribution < 1.29 is 28.3 Å². The van der Waals surface area contributed by atoms with E-state index in [1.807, 2.05) is 0 Å². The van der Waals surface area contributed by atoms with Gasteiger partial charge in [-0.1, -0.05) is 24.3 Å². The van der Waals surface area contributed by atoms with Gasteiger partial charge in [0.05, 0.1) is 12.7 Å². The lowest BCUT2D eigenvalue weighted by molar-refractivity contribution is 0.0592. The van der Waals surface area contributed by atoms with Gasteiger partial charge in [-0.25, -0.2) is 4.79 Å². The van der Waals surface area contributed by atoms with Crippen LogP contribution in [0.1, 0.15) is 59.9 Å². The van der Waals surface area contributed by atoms with Gasteiger partial charge in [-0.2, -0.15) is 0 Å². The molecule has 1 aromatic heterocycles. The number of hydrogen-bond acceptors (Lipinski definition) is 6. The zero-order valence-electron chi connectivity index (χ0n) is 11.8. The molecule has 1 aromatic carbocycles. The molecule has 0 saturated carbocycles. The van der Waals surface area contributed by atoms with Gasteiger partial charge in [-0.3, -0.25) is 14.4 Å². The van der Waals surface area contributed by atoms with Crippen molar-refractivity contribution in [2.75, 3.05) is 7.11 Å². The van der Waals surface area contributed by atoms with Crippen LogP contribution in [0.3, 0.4) is 0 Å². The third-order valence-electron chi connectivity index (χ3n) is 3.47. The molecule has 0 aliphatic heterocycles. The summed E-state index contributed by atoms with van der Waals surface area (Å²) in [5.74, 6) is -3.18. The zero-order chi connectivity index (χ0) is 16.0. The zero-order valence-corrected chi connectivity index (χ0v) is 11.8. The molecule has 0 fully saturated rings. The van der Waals surface area contributed by atoms with Crippen LogP contribution < -0.4 is 0 Å². The fraction of sp³-hybridized carbons (Fsp3) is 0.125. The average molecular weight is 298 g/mol. The predicted molar refractivity (Wildman–Crippen MR) is 73.4 cm³/mol. The number of furan rings is 1. The number of benzene rings is 1. The summed E-state index contributed by atoms with van der Waals surface area (Å²) >= 11 is 0. The highest BCUT2D eigenvalue weighted by Crippen LogP contribution is 2.33. The minimum absolute atomic E-state index is 0.168. The Morgan fingerprint density at radius 3 is 2.18 bits per heavy atom. The van der Waals surface area contributed by atoms with E-state index in [1.54, 1.807) is 12.1 Å². The molecule has 1 heterocycles. The van der Waals surface area contributed by atoms with Gasteiger partial charge in [0, 0.05) is 18.1 Å². The minimum atomic E-state index is -0.893. The predicted octanol–water partition coefficient (Wildman–Crippen LogP) is 2.04. The number of fused-ring (bicyclic) bond motifs is 2. The van der Waals surface area contributed by atoms with Gasteiger partial charge in [0.15, 0.2) is 23.1 Å². The van der Waals surface area contributed by atoms with Crippen molar-refractivity contribution >= 4 is 23.3 Å². The van der Waals surface area contributed by atoms with Crippen molar-refractivity contribution in [3.63, 3.8) is 0 Å². The van der Waals surface area contributed by atoms with E-state index >= 15 is 0 Å². The van der Waals surface area contributed by atoms with E-state index in [2.05, 4.69) is 4.74 Å². The lowest BCUT2D eigenvalue weighted by Crippen LogP contribution is -2.21. The van der Waals surface area contributed by atoms with Crippen LogP contribution in [0.15, 0.2) is 28.7 Å². The molecule has 2 aromatic rings. The molecule has 0 saturated heterocycles. The molecular weight excluding hydrogens is 288 g/mol. The number of carbonyl (C=O) groups excluding carboxylic acids is 4. The number of Topliss-reactive ketones (excluding diaryl/α,β-unsaturated/α-hetero) is 1. The Balaban J connectivity index is 2.36. The molecule has 6 nitrogen and oxygen atoms in total. The first-order chi connectivity index (χ1) is 10.5. The summed E-state index contributed by atoms with van der Waals surface area (Å²) in [6.45, 7) is 1.18. The van der Waals surface area contributed by atoms with Gasteiger partial charge in [0.25, 0.3) is 0 Å². The Morgan fingerprint density at radius 2 is 1.64 bits per heavy atom. The lowest BCUT2D eigenvalue weighted by atomic mass is 9.86. The first-order valence-corrected chi connectivity index (χ1v) is 6.41. The van der Waals surface area contributed by atoms with Crippen molar-refractivity contribution in [1.29, 1.82) is 0 Å². The Kier molecular flexibility index (Phi) is 3.02. The molecule has 3 rings (SSSR count). The van der Waals surface area contributed by atoms with Gasteiger partial charge in [-0.15, -0.1) is 0 Å². The monoisotopic (exact) mass is 298 g/mol. The quantitative estimate of drug-likeness (QED) is 0.531. The summed E-state index contributed by atoms with van der Waals surface area (Å²) in [6.07, 6.45) is 0. The third-order valence-corrected chi connectivity index (χ3v) is 3.47. The van der Waals surface area contributed by atoms with Crippen molar-refractivity contribution in [3.8, 4) is 0 Å². The van der Waals surface area contributed by atoms with Crippen LogP contribution in [0, 0.1) is 0 Å². The number of carbonyl (C=O) groups is 4. The second-order valence-electron chi connectivity index (χ2n) is 4.76. The Morgan fingerprint density at radius 1 is 1.05 bits per heavy atom. The standard InChI is InChI=1S/C16H10O6/c1-7(17)14-11(16(20)21-2)10-12(18)8-5-3-4-6-9(8)13(19)15(10)22-14/h3-6H,1-2H3. The number of esters is 1. The summed E-state index contributed by atoms with van der Waals surface area (Å²) < 4.78 is 9.85. The maximum absolute atomic E-state index is 12.6. The highest BCUT2D eigenvalue weighted by molar-refractivity contribution is 6.30. The van der Waals surface area contributed by atoms with E-state index < -0.39 is 23.3 Å². The van der Waals surface area contributed by atoms with Crippen LogP contribution in [0.25, 0.3) is 0 Å². The SMILES string of the molecule is COC(=O)c1c(C(C)=O)oc2c1C(=O)c1ccccc1C2=O. The molecule has 22 heavy (non-hydrogen) atoms. The number of methoxy groups -OCH3 is 1. The van der Waals surface area contributed by atoms with Gasteiger partial charge < -0.3 is 9.15 Å². The summed E-state index contributed by atoms with van der Waals surface area (Å²) in [5, 5.41) is 0. The number of rotatable bonds is 2. The molecule has 0 bridgehead atoms. The average Bonchev–Trinajstić information content (AvgIpc) is 2.93. The van der Waals surface area contributed by atoms with E-state index in [1.165, 1.54) is 19.1 Å². The van der Waals surface area contributed by atoms with E-state index in [0.29, 0.717) is 0 Å². The first kappa shape index (κ1) is 13.9. The van der Waals surface area contributed by atoms with Crippen LogP contribution in [0.4, 0.5) is 0 Å². The molecular formula is C16H10O6. The summed E-state index contributed by atoms with van der Waals surface area (Å²) in [6, 6.07) is 6.20. The Bertz CT molecular complexity index is 856. The molecule has 110 valence electrons. The van der Waals surface area contributed by atoms with Gasteiger partial charge in [0.2, 0.25) is 5.78 Å². The summed E-state index contributed by atoms with van der Waals surface area (Å²) in [4.78, 5) is 48.6. The summed E-state index contributed by atoms with van der Waals surface area (Å²) in [7, 11) is 1.12. The molecule has 0 radical (unpaired) electrons. The topological polar surface area (TPSA) is 90.7 Å².